The molecule has 0 aliphatic carbocycles. The molecule has 1 amide bonds. The summed E-state index contributed by atoms with van der Waals surface area (Å²) in [4.78, 5) is 13.0. The summed E-state index contributed by atoms with van der Waals surface area (Å²) >= 11 is 0. The lowest BCUT2D eigenvalue weighted by molar-refractivity contribution is -0.0387. The summed E-state index contributed by atoms with van der Waals surface area (Å²) in [5.74, 6) is 1.47. The van der Waals surface area contributed by atoms with E-state index in [1.807, 2.05) is 80.6 Å². The molecule has 6 nitrogen and oxygen atoms in total. The third-order valence-corrected chi connectivity index (χ3v) is 7.35. The van der Waals surface area contributed by atoms with Crippen molar-refractivity contribution in [2.45, 2.75) is 45.3 Å². The van der Waals surface area contributed by atoms with Crippen molar-refractivity contribution in [2.75, 3.05) is 20.8 Å². The standard InChI is InChI=1S/C36H41NO5/c1-34(2,24-35(3,4)37-33(39)26-12-18-30(38)19-13-26)25-42-36(27-10-8-7-9-11-27,28-14-20-31(40-5)21-15-28)29-16-22-32(41-6)23-17-29/h7-23,38H,24-25H2,1-6H3,(H,37,39). The number of nitrogens with one attached hydrogen (secondary N) is 1. The van der Waals surface area contributed by atoms with Gasteiger partial charge in [-0.1, -0.05) is 68.4 Å². The van der Waals surface area contributed by atoms with Crippen LogP contribution in [0.2, 0.25) is 0 Å². The molecule has 0 aromatic heterocycles. The van der Waals surface area contributed by atoms with Gasteiger partial charge in [-0.15, -0.1) is 0 Å². The minimum atomic E-state index is -0.920. The van der Waals surface area contributed by atoms with E-state index in [0.717, 1.165) is 28.2 Å². The molecule has 0 radical (unpaired) electrons. The van der Waals surface area contributed by atoms with E-state index >= 15 is 0 Å². The summed E-state index contributed by atoms with van der Waals surface area (Å²) in [6.45, 7) is 8.74. The predicted octanol–water partition coefficient (Wildman–Crippen LogP) is 7.34. The van der Waals surface area contributed by atoms with Gasteiger partial charge in [0, 0.05) is 11.1 Å². The van der Waals surface area contributed by atoms with Gasteiger partial charge in [-0.2, -0.15) is 0 Å². The van der Waals surface area contributed by atoms with Crippen LogP contribution in [-0.2, 0) is 10.3 Å². The first-order valence-corrected chi connectivity index (χ1v) is 14.1. The molecule has 4 aromatic carbocycles. The highest BCUT2D eigenvalue weighted by Gasteiger charge is 2.40. The third kappa shape index (κ3) is 7.12. The zero-order valence-electron chi connectivity index (χ0n) is 25.3. The van der Waals surface area contributed by atoms with Crippen molar-refractivity contribution < 1.29 is 24.1 Å². The molecular weight excluding hydrogens is 526 g/mol. The van der Waals surface area contributed by atoms with Crippen LogP contribution in [0.25, 0.3) is 0 Å². The van der Waals surface area contributed by atoms with E-state index in [2.05, 4.69) is 31.3 Å². The Kier molecular flexibility index (Phi) is 9.27. The summed E-state index contributed by atoms with van der Waals surface area (Å²) in [6.07, 6.45) is 0.653. The van der Waals surface area contributed by atoms with Gasteiger partial charge >= 0.3 is 0 Å². The summed E-state index contributed by atoms with van der Waals surface area (Å²) in [7, 11) is 3.31. The summed E-state index contributed by atoms with van der Waals surface area (Å²) < 4.78 is 18.0. The lowest BCUT2D eigenvalue weighted by Crippen LogP contribution is -2.47. The fourth-order valence-corrected chi connectivity index (χ4v) is 5.66. The van der Waals surface area contributed by atoms with Gasteiger partial charge < -0.3 is 24.6 Å². The van der Waals surface area contributed by atoms with Crippen LogP contribution in [0.1, 0.15) is 61.2 Å². The first-order chi connectivity index (χ1) is 20.0. The van der Waals surface area contributed by atoms with Crippen LogP contribution in [0.15, 0.2) is 103 Å². The van der Waals surface area contributed by atoms with Crippen molar-refractivity contribution in [1.29, 1.82) is 0 Å². The van der Waals surface area contributed by atoms with Gasteiger partial charge in [0.2, 0.25) is 0 Å². The topological polar surface area (TPSA) is 77.0 Å². The number of rotatable bonds is 12. The van der Waals surface area contributed by atoms with Gasteiger partial charge in [0.05, 0.1) is 20.8 Å². The average molecular weight is 568 g/mol. The molecule has 0 bridgehead atoms. The molecule has 0 unspecified atom stereocenters. The van der Waals surface area contributed by atoms with Gasteiger partial charge in [-0.05, 0) is 90.9 Å². The Morgan fingerprint density at radius 1 is 0.690 bits per heavy atom. The molecule has 220 valence electrons. The van der Waals surface area contributed by atoms with E-state index in [4.69, 9.17) is 14.2 Å². The van der Waals surface area contributed by atoms with E-state index in [0.29, 0.717) is 18.6 Å². The Balaban J connectivity index is 1.68. The molecule has 0 heterocycles. The van der Waals surface area contributed by atoms with Gasteiger partial charge in [0.15, 0.2) is 0 Å². The Morgan fingerprint density at radius 2 is 1.17 bits per heavy atom. The second kappa shape index (κ2) is 12.7. The molecule has 4 rings (SSSR count). The second-order valence-corrected chi connectivity index (χ2v) is 12.0. The second-order valence-electron chi connectivity index (χ2n) is 12.0. The van der Waals surface area contributed by atoms with Crippen LogP contribution >= 0.6 is 0 Å². The van der Waals surface area contributed by atoms with E-state index in [9.17, 15) is 9.90 Å². The lowest BCUT2D eigenvalue weighted by Gasteiger charge is -2.41. The van der Waals surface area contributed by atoms with Crippen LogP contribution < -0.4 is 14.8 Å². The summed E-state index contributed by atoms with van der Waals surface area (Å²) in [6, 6.07) is 32.5. The van der Waals surface area contributed by atoms with Crippen LogP contribution in [0.3, 0.4) is 0 Å². The van der Waals surface area contributed by atoms with Gasteiger partial charge in [-0.3, -0.25) is 4.79 Å². The lowest BCUT2D eigenvalue weighted by atomic mass is 9.78. The smallest absolute Gasteiger partial charge is 0.251 e. The van der Waals surface area contributed by atoms with Crippen molar-refractivity contribution in [3.05, 3.63) is 125 Å². The highest BCUT2D eigenvalue weighted by Crippen LogP contribution is 2.43. The number of hydrogen-bond acceptors (Lipinski definition) is 5. The number of hydrogen-bond donors (Lipinski definition) is 2. The predicted molar refractivity (Wildman–Crippen MR) is 166 cm³/mol. The van der Waals surface area contributed by atoms with Gasteiger partial charge in [-0.25, -0.2) is 0 Å². The van der Waals surface area contributed by atoms with Crippen molar-refractivity contribution in [3.63, 3.8) is 0 Å². The monoisotopic (exact) mass is 567 g/mol. The van der Waals surface area contributed by atoms with Crippen molar-refractivity contribution in [3.8, 4) is 17.2 Å². The highest BCUT2D eigenvalue weighted by molar-refractivity contribution is 5.94. The number of methoxy groups -OCH3 is 2. The number of aromatic hydroxyl groups is 1. The molecule has 0 saturated heterocycles. The minimum absolute atomic E-state index is 0.125. The van der Waals surface area contributed by atoms with Crippen LogP contribution in [0, 0.1) is 5.41 Å². The number of carbonyl (C=O) groups excluding carboxylic acids is 1. The molecular formula is C36H41NO5. The maximum atomic E-state index is 13.0. The molecule has 0 fully saturated rings. The maximum Gasteiger partial charge on any atom is 0.251 e. The Morgan fingerprint density at radius 3 is 1.64 bits per heavy atom. The number of ether oxygens (including phenoxy) is 3. The average Bonchev–Trinajstić information content (AvgIpc) is 2.98. The number of amides is 1. The van der Waals surface area contributed by atoms with E-state index in [1.165, 1.54) is 12.1 Å². The van der Waals surface area contributed by atoms with Crippen LogP contribution in [0.5, 0.6) is 17.2 Å². The third-order valence-electron chi connectivity index (χ3n) is 7.35. The van der Waals surface area contributed by atoms with Crippen LogP contribution in [0.4, 0.5) is 0 Å². The van der Waals surface area contributed by atoms with E-state index < -0.39 is 11.1 Å². The number of carbonyl (C=O) groups is 1. The molecule has 42 heavy (non-hydrogen) atoms. The van der Waals surface area contributed by atoms with E-state index in [-0.39, 0.29) is 17.1 Å². The normalized spacial score (nSPS) is 12.0. The maximum absolute atomic E-state index is 13.0. The van der Waals surface area contributed by atoms with Gasteiger partial charge in [0.1, 0.15) is 22.8 Å². The first-order valence-electron chi connectivity index (χ1n) is 14.1. The fraction of sp³-hybridized carbons (Fsp3) is 0.306. The molecule has 0 spiro atoms. The number of phenolic OH excluding ortho intramolecular Hbond substituents is 1. The SMILES string of the molecule is COc1ccc(C(OCC(C)(C)CC(C)(C)NC(=O)c2ccc(O)cc2)(c2ccccc2)c2ccc(OC)cc2)cc1. The highest BCUT2D eigenvalue weighted by atomic mass is 16.5. The van der Waals surface area contributed by atoms with Crippen molar-refractivity contribution in [2.24, 2.45) is 5.41 Å². The van der Waals surface area contributed by atoms with Crippen molar-refractivity contribution in [1.82, 2.24) is 5.32 Å². The summed E-state index contributed by atoms with van der Waals surface area (Å²) in [5.41, 5.74) is 1.65. The summed E-state index contributed by atoms with van der Waals surface area (Å²) in [5, 5.41) is 12.8. The van der Waals surface area contributed by atoms with Gasteiger partial charge in [0.25, 0.3) is 5.91 Å². The largest absolute Gasteiger partial charge is 0.508 e. The molecule has 0 saturated carbocycles. The fourth-order valence-electron chi connectivity index (χ4n) is 5.66. The Labute approximate surface area is 249 Å². The molecule has 0 atom stereocenters. The Bertz CT molecular complexity index is 1400. The van der Waals surface area contributed by atoms with Crippen molar-refractivity contribution >= 4 is 5.91 Å². The zero-order valence-corrected chi connectivity index (χ0v) is 25.3. The molecule has 4 aromatic rings. The Hall–Kier alpha value is -4.29. The molecule has 2 N–H and O–H groups in total. The molecule has 0 aliphatic rings. The minimum Gasteiger partial charge on any atom is -0.508 e. The van der Waals surface area contributed by atoms with E-state index in [1.54, 1.807) is 26.4 Å². The number of benzene rings is 4. The molecule has 6 heteroatoms. The number of phenols is 1. The molecule has 0 aliphatic heterocycles. The first kappa shape index (κ1) is 30.7. The zero-order chi connectivity index (χ0) is 30.4. The quantitative estimate of drug-likeness (QED) is 0.175. The van der Waals surface area contributed by atoms with Crippen LogP contribution in [-0.4, -0.2) is 37.4 Å².